The largest absolute Gasteiger partial charge is 0.380 e. The van der Waals surface area contributed by atoms with E-state index in [1.165, 1.54) is 4.80 Å². The molecule has 0 fully saturated rings. The van der Waals surface area contributed by atoms with E-state index in [1.807, 2.05) is 30.3 Å². The molecule has 2 aromatic carbocycles. The summed E-state index contributed by atoms with van der Waals surface area (Å²) >= 11 is 0. The van der Waals surface area contributed by atoms with Gasteiger partial charge >= 0.3 is 0 Å². The quantitative estimate of drug-likeness (QED) is 0.711. The van der Waals surface area contributed by atoms with Crippen molar-refractivity contribution >= 4 is 11.6 Å². The van der Waals surface area contributed by atoms with E-state index in [1.54, 1.807) is 24.3 Å². The van der Waals surface area contributed by atoms with Crippen LogP contribution in [0.3, 0.4) is 0 Å². The number of nitrogens with two attached hydrogens (primary N) is 2. The molecule has 0 atom stereocenters. The first-order valence-corrected chi connectivity index (χ1v) is 6.81. The normalized spacial score (nSPS) is 10.6. The minimum atomic E-state index is -0.255. The zero-order valence-corrected chi connectivity index (χ0v) is 11.8. The number of rotatable bonds is 4. The van der Waals surface area contributed by atoms with Crippen molar-refractivity contribution in [1.82, 2.24) is 15.0 Å². The second-order valence-electron chi connectivity index (χ2n) is 4.75. The Kier molecular flexibility index (Phi) is 3.67. The standard InChI is InChI=1S/C16H15N5O/c17-10-12-8-4-5-9-13(12)21-19-14(16(18)20-21)15(22)11-6-2-1-3-7-11/h1-9H,10,17H2,(H2,18,20). The molecule has 22 heavy (non-hydrogen) atoms. The summed E-state index contributed by atoms with van der Waals surface area (Å²) in [4.78, 5) is 13.8. The van der Waals surface area contributed by atoms with Crippen LogP contribution in [-0.4, -0.2) is 20.8 Å². The molecule has 0 bridgehead atoms. The zero-order valence-electron chi connectivity index (χ0n) is 11.8. The maximum atomic E-state index is 12.4. The lowest BCUT2D eigenvalue weighted by Crippen LogP contribution is -2.08. The highest BCUT2D eigenvalue weighted by molar-refractivity contribution is 6.10. The first-order valence-electron chi connectivity index (χ1n) is 6.81. The van der Waals surface area contributed by atoms with Crippen LogP contribution in [0.4, 0.5) is 5.82 Å². The molecule has 6 heteroatoms. The van der Waals surface area contributed by atoms with Crippen molar-refractivity contribution in [1.29, 1.82) is 0 Å². The molecule has 0 saturated heterocycles. The fourth-order valence-electron chi connectivity index (χ4n) is 2.19. The summed E-state index contributed by atoms with van der Waals surface area (Å²) < 4.78 is 0. The Hall–Kier alpha value is -2.99. The lowest BCUT2D eigenvalue weighted by Gasteiger charge is -2.05. The smallest absolute Gasteiger partial charge is 0.217 e. The topological polar surface area (TPSA) is 99.8 Å². The average Bonchev–Trinajstić information content (AvgIpc) is 2.96. The minimum absolute atomic E-state index is 0.0978. The number of nitrogens with zero attached hydrogens (tertiary/aromatic N) is 3. The SMILES string of the molecule is NCc1ccccc1-n1nc(N)c(C(=O)c2ccccc2)n1. The van der Waals surface area contributed by atoms with Gasteiger partial charge in [-0.05, 0) is 11.6 Å². The molecular formula is C16H15N5O. The van der Waals surface area contributed by atoms with Crippen LogP contribution >= 0.6 is 0 Å². The summed E-state index contributed by atoms with van der Waals surface area (Å²) in [6, 6.07) is 16.3. The third-order valence-electron chi connectivity index (χ3n) is 3.32. The van der Waals surface area contributed by atoms with Crippen molar-refractivity contribution in [2.75, 3.05) is 5.73 Å². The number of hydrogen-bond donors (Lipinski definition) is 2. The summed E-state index contributed by atoms with van der Waals surface area (Å²) in [6.45, 7) is 0.347. The van der Waals surface area contributed by atoms with E-state index >= 15 is 0 Å². The number of carbonyl (C=O) groups is 1. The van der Waals surface area contributed by atoms with Crippen LogP contribution in [0.25, 0.3) is 5.69 Å². The lowest BCUT2D eigenvalue weighted by atomic mass is 10.1. The van der Waals surface area contributed by atoms with Gasteiger partial charge in [-0.2, -0.15) is 0 Å². The monoisotopic (exact) mass is 293 g/mol. The fraction of sp³-hybridized carbons (Fsp3) is 0.0625. The lowest BCUT2D eigenvalue weighted by molar-refractivity contribution is 0.103. The summed E-state index contributed by atoms with van der Waals surface area (Å²) in [5.74, 6) is -0.157. The van der Waals surface area contributed by atoms with Crippen LogP contribution in [0, 0.1) is 0 Å². The van der Waals surface area contributed by atoms with Crippen molar-refractivity contribution in [3.63, 3.8) is 0 Å². The molecule has 3 aromatic rings. The maximum Gasteiger partial charge on any atom is 0.217 e. The maximum absolute atomic E-state index is 12.4. The summed E-state index contributed by atoms with van der Waals surface area (Å²) in [6.07, 6.45) is 0. The molecule has 110 valence electrons. The van der Waals surface area contributed by atoms with Gasteiger partial charge in [-0.1, -0.05) is 48.5 Å². The van der Waals surface area contributed by atoms with Gasteiger partial charge in [0, 0.05) is 12.1 Å². The van der Waals surface area contributed by atoms with Gasteiger partial charge in [0.25, 0.3) is 0 Å². The van der Waals surface area contributed by atoms with Crippen molar-refractivity contribution in [3.8, 4) is 5.69 Å². The van der Waals surface area contributed by atoms with Crippen molar-refractivity contribution in [2.24, 2.45) is 5.73 Å². The Bertz CT molecular complexity index is 810. The predicted octanol–water partition coefficient (Wildman–Crippen LogP) is 1.54. The predicted molar refractivity (Wildman–Crippen MR) is 83.5 cm³/mol. The van der Waals surface area contributed by atoms with E-state index in [0.717, 1.165) is 5.56 Å². The first kappa shape index (κ1) is 14.0. The highest BCUT2D eigenvalue weighted by Crippen LogP contribution is 2.17. The van der Waals surface area contributed by atoms with E-state index in [9.17, 15) is 4.79 Å². The first-order chi connectivity index (χ1) is 10.7. The van der Waals surface area contributed by atoms with Gasteiger partial charge in [0.15, 0.2) is 11.5 Å². The average molecular weight is 293 g/mol. The Morgan fingerprint density at radius 1 is 1.00 bits per heavy atom. The number of anilines is 1. The molecule has 1 aromatic heterocycles. The molecule has 1 heterocycles. The van der Waals surface area contributed by atoms with Crippen molar-refractivity contribution < 1.29 is 4.79 Å². The number of nitrogen functional groups attached to an aromatic ring is 1. The second kappa shape index (κ2) is 5.79. The number of benzene rings is 2. The summed E-state index contributed by atoms with van der Waals surface area (Å²) in [7, 11) is 0. The van der Waals surface area contributed by atoms with Crippen LogP contribution < -0.4 is 11.5 Å². The Morgan fingerprint density at radius 2 is 1.68 bits per heavy atom. The minimum Gasteiger partial charge on any atom is -0.380 e. The number of aromatic nitrogens is 3. The van der Waals surface area contributed by atoms with E-state index < -0.39 is 0 Å². The Morgan fingerprint density at radius 3 is 2.41 bits per heavy atom. The highest BCUT2D eigenvalue weighted by Gasteiger charge is 2.19. The van der Waals surface area contributed by atoms with Gasteiger partial charge in [0.1, 0.15) is 0 Å². The molecular weight excluding hydrogens is 278 g/mol. The third-order valence-corrected chi connectivity index (χ3v) is 3.32. The zero-order chi connectivity index (χ0) is 15.5. The van der Waals surface area contributed by atoms with Gasteiger partial charge in [-0.3, -0.25) is 4.79 Å². The molecule has 4 N–H and O–H groups in total. The number of hydrogen-bond acceptors (Lipinski definition) is 5. The molecule has 0 unspecified atom stereocenters. The molecule has 0 amide bonds. The van der Waals surface area contributed by atoms with Crippen LogP contribution in [-0.2, 0) is 6.54 Å². The van der Waals surface area contributed by atoms with Crippen molar-refractivity contribution in [3.05, 3.63) is 71.4 Å². The molecule has 0 saturated carbocycles. The van der Waals surface area contributed by atoms with Crippen LogP contribution in [0.2, 0.25) is 0 Å². The number of ketones is 1. The summed E-state index contributed by atoms with van der Waals surface area (Å²) in [5.41, 5.74) is 13.8. The van der Waals surface area contributed by atoms with Gasteiger partial charge in [-0.25, -0.2) is 0 Å². The third kappa shape index (κ3) is 2.47. The van der Waals surface area contributed by atoms with Crippen LogP contribution in [0.5, 0.6) is 0 Å². The van der Waals surface area contributed by atoms with Gasteiger partial charge in [-0.15, -0.1) is 15.0 Å². The molecule has 6 nitrogen and oxygen atoms in total. The highest BCUT2D eigenvalue weighted by atomic mass is 16.1. The Balaban J connectivity index is 2.03. The molecule has 3 rings (SSSR count). The second-order valence-corrected chi connectivity index (χ2v) is 4.75. The molecule has 0 aliphatic rings. The fourth-order valence-corrected chi connectivity index (χ4v) is 2.19. The van der Waals surface area contributed by atoms with E-state index in [0.29, 0.717) is 17.8 Å². The van der Waals surface area contributed by atoms with Crippen LogP contribution in [0.1, 0.15) is 21.6 Å². The van der Waals surface area contributed by atoms with Crippen LogP contribution in [0.15, 0.2) is 54.6 Å². The molecule has 0 aliphatic carbocycles. The van der Waals surface area contributed by atoms with E-state index in [-0.39, 0.29) is 17.3 Å². The van der Waals surface area contributed by atoms with Gasteiger partial charge in [0.2, 0.25) is 5.78 Å². The Labute approximate surface area is 127 Å². The molecule has 0 aliphatic heterocycles. The molecule has 0 radical (unpaired) electrons. The van der Waals surface area contributed by atoms with E-state index in [2.05, 4.69) is 10.2 Å². The summed E-state index contributed by atoms with van der Waals surface area (Å²) in [5, 5.41) is 8.38. The number of carbonyl (C=O) groups excluding carboxylic acids is 1. The van der Waals surface area contributed by atoms with Gasteiger partial charge in [0.05, 0.1) is 5.69 Å². The molecule has 0 spiro atoms. The van der Waals surface area contributed by atoms with Gasteiger partial charge < -0.3 is 11.5 Å². The van der Waals surface area contributed by atoms with Crippen molar-refractivity contribution in [2.45, 2.75) is 6.54 Å². The number of para-hydroxylation sites is 1. The van der Waals surface area contributed by atoms with E-state index in [4.69, 9.17) is 11.5 Å².